The predicted octanol–water partition coefficient (Wildman–Crippen LogP) is 2.67. The Morgan fingerprint density at radius 2 is 1.96 bits per heavy atom. The van der Waals surface area contributed by atoms with Crippen molar-refractivity contribution in [2.24, 2.45) is 0 Å². The van der Waals surface area contributed by atoms with Gasteiger partial charge in [-0.25, -0.2) is 19.1 Å². The van der Waals surface area contributed by atoms with E-state index in [-0.39, 0.29) is 5.69 Å². The Kier molecular flexibility index (Phi) is 5.54. The van der Waals surface area contributed by atoms with E-state index in [9.17, 15) is 9.59 Å². The molecular weight excluding hydrogens is 426 g/mol. The van der Waals surface area contributed by atoms with Crippen molar-refractivity contribution in [3.8, 4) is 0 Å². The first kappa shape index (κ1) is 19.2. The maximum Gasteiger partial charge on any atom is 0.407 e. The lowest BCUT2D eigenvalue weighted by molar-refractivity contribution is 0.104. The van der Waals surface area contributed by atoms with E-state index in [1.54, 1.807) is 15.3 Å². The van der Waals surface area contributed by atoms with Crippen LogP contribution in [0.1, 0.15) is 25.7 Å². The molecule has 1 aliphatic heterocycles. The average molecular weight is 450 g/mol. The van der Waals surface area contributed by atoms with Crippen LogP contribution in [0.25, 0.3) is 16.9 Å². The lowest BCUT2D eigenvalue weighted by atomic mass is 10.0. The minimum atomic E-state index is -0.865. The number of pyridine rings is 1. The van der Waals surface area contributed by atoms with Crippen LogP contribution in [0.4, 0.5) is 4.79 Å². The first-order chi connectivity index (χ1) is 13.5. The molecule has 0 saturated carbocycles. The van der Waals surface area contributed by atoms with E-state index in [4.69, 9.17) is 5.11 Å². The van der Waals surface area contributed by atoms with Gasteiger partial charge in [-0.2, -0.15) is 0 Å². The van der Waals surface area contributed by atoms with Crippen molar-refractivity contribution >= 4 is 38.9 Å². The normalized spacial score (nSPS) is 18.5. The van der Waals surface area contributed by atoms with Crippen LogP contribution in [0, 0.1) is 0 Å². The average Bonchev–Trinajstić information content (AvgIpc) is 2.98. The number of amides is 1. The molecule has 2 aromatic heterocycles. The van der Waals surface area contributed by atoms with Crippen LogP contribution in [0.5, 0.6) is 0 Å². The first-order valence-corrected chi connectivity index (χ1v) is 10.5. The molecule has 2 aliphatic rings. The Hall–Kier alpha value is -2.13. The number of hydrogen-bond acceptors (Lipinski definition) is 4. The molecular formula is C19H24BrN5O3. The molecule has 8 nitrogen and oxygen atoms in total. The molecule has 1 N–H and O–H groups in total. The van der Waals surface area contributed by atoms with Crippen molar-refractivity contribution in [3.63, 3.8) is 0 Å². The zero-order chi connectivity index (χ0) is 19.7. The maximum atomic E-state index is 13.2. The highest BCUT2D eigenvalue weighted by Crippen LogP contribution is 2.25. The molecule has 1 saturated heterocycles. The third-order valence-corrected chi connectivity index (χ3v) is 6.01. The van der Waals surface area contributed by atoms with Gasteiger partial charge in [0, 0.05) is 55.6 Å². The van der Waals surface area contributed by atoms with Crippen LogP contribution in [-0.2, 0) is 6.54 Å². The Balaban J connectivity index is 1.59. The number of aromatic nitrogens is 3. The van der Waals surface area contributed by atoms with Gasteiger partial charge in [0.15, 0.2) is 5.65 Å². The Labute approximate surface area is 171 Å². The van der Waals surface area contributed by atoms with Gasteiger partial charge in [0.05, 0.1) is 5.52 Å². The lowest BCUT2D eigenvalue weighted by Gasteiger charge is -2.33. The van der Waals surface area contributed by atoms with Crippen LogP contribution < -0.4 is 5.69 Å². The standard InChI is InChI=1S/C19H24BrN5O3/c20-14-12-16-17(21-13-14)25(15-4-2-1-3-5-15)18(26)24(16)11-8-22-6-9-23(10-7-22)19(27)28/h4,12-13H,1-3,5-11H2,(H,27,28). The number of rotatable bonds is 4. The second kappa shape index (κ2) is 8.08. The van der Waals surface area contributed by atoms with Gasteiger partial charge in [0.25, 0.3) is 0 Å². The summed E-state index contributed by atoms with van der Waals surface area (Å²) in [7, 11) is 0. The number of halogens is 1. The summed E-state index contributed by atoms with van der Waals surface area (Å²) < 4.78 is 4.41. The molecule has 0 radical (unpaired) electrons. The summed E-state index contributed by atoms with van der Waals surface area (Å²) in [5.74, 6) is 0. The molecule has 1 fully saturated rings. The van der Waals surface area contributed by atoms with E-state index in [0.717, 1.165) is 41.4 Å². The monoisotopic (exact) mass is 449 g/mol. The molecule has 0 unspecified atom stereocenters. The minimum Gasteiger partial charge on any atom is -0.465 e. The van der Waals surface area contributed by atoms with E-state index in [2.05, 4.69) is 31.9 Å². The number of carboxylic acid groups (broad SMARTS) is 1. The summed E-state index contributed by atoms with van der Waals surface area (Å²) in [6, 6.07) is 1.95. The molecule has 4 rings (SSSR count). The van der Waals surface area contributed by atoms with Crippen LogP contribution >= 0.6 is 15.9 Å². The largest absolute Gasteiger partial charge is 0.465 e. The van der Waals surface area contributed by atoms with Gasteiger partial charge in [-0.15, -0.1) is 0 Å². The predicted molar refractivity (Wildman–Crippen MR) is 110 cm³/mol. The molecule has 1 aliphatic carbocycles. The number of piperazine rings is 1. The smallest absolute Gasteiger partial charge is 0.407 e. The van der Waals surface area contributed by atoms with Gasteiger partial charge in [0.2, 0.25) is 0 Å². The van der Waals surface area contributed by atoms with E-state index >= 15 is 0 Å². The van der Waals surface area contributed by atoms with Crippen molar-refractivity contribution in [2.45, 2.75) is 32.2 Å². The summed E-state index contributed by atoms with van der Waals surface area (Å²) in [4.78, 5) is 32.5. The quantitative estimate of drug-likeness (QED) is 0.775. The Morgan fingerprint density at radius 3 is 2.64 bits per heavy atom. The molecule has 0 bridgehead atoms. The van der Waals surface area contributed by atoms with E-state index in [1.165, 1.54) is 4.90 Å². The fourth-order valence-corrected chi connectivity index (χ4v) is 4.33. The third kappa shape index (κ3) is 3.73. The number of nitrogens with zero attached hydrogens (tertiary/aromatic N) is 5. The highest BCUT2D eigenvalue weighted by molar-refractivity contribution is 9.10. The number of fused-ring (bicyclic) bond motifs is 1. The summed E-state index contributed by atoms with van der Waals surface area (Å²) in [6.45, 7) is 3.65. The van der Waals surface area contributed by atoms with Gasteiger partial charge in [-0.3, -0.25) is 9.47 Å². The second-order valence-electron chi connectivity index (χ2n) is 7.32. The van der Waals surface area contributed by atoms with Crippen molar-refractivity contribution in [1.82, 2.24) is 23.9 Å². The lowest BCUT2D eigenvalue weighted by Crippen LogP contribution is -2.49. The molecule has 2 aromatic rings. The first-order valence-electron chi connectivity index (χ1n) is 9.71. The Morgan fingerprint density at radius 1 is 1.18 bits per heavy atom. The summed E-state index contributed by atoms with van der Waals surface area (Å²) in [5, 5.41) is 9.08. The maximum absolute atomic E-state index is 13.2. The second-order valence-corrected chi connectivity index (χ2v) is 8.23. The topological polar surface area (TPSA) is 83.6 Å². The summed E-state index contributed by atoms with van der Waals surface area (Å²) in [6.07, 6.45) is 7.18. The number of hydrogen-bond donors (Lipinski definition) is 1. The van der Waals surface area contributed by atoms with Crippen LogP contribution in [0.2, 0.25) is 0 Å². The van der Waals surface area contributed by atoms with Gasteiger partial charge < -0.3 is 10.0 Å². The van der Waals surface area contributed by atoms with E-state index < -0.39 is 6.09 Å². The Bertz CT molecular complexity index is 972. The van der Waals surface area contributed by atoms with Gasteiger partial charge in [-0.05, 0) is 47.7 Å². The SMILES string of the molecule is O=C(O)N1CCN(CCn2c(=O)n(C3=CCCCC3)c3ncc(Br)cc32)CC1. The fourth-order valence-electron chi connectivity index (χ4n) is 4.01. The van der Waals surface area contributed by atoms with Crippen molar-refractivity contribution in [3.05, 3.63) is 33.3 Å². The summed E-state index contributed by atoms with van der Waals surface area (Å²) >= 11 is 3.47. The zero-order valence-electron chi connectivity index (χ0n) is 15.7. The molecule has 0 spiro atoms. The molecule has 150 valence electrons. The fraction of sp³-hybridized carbons (Fsp3) is 0.526. The number of allylic oxidation sites excluding steroid dienone is 2. The molecule has 0 aromatic carbocycles. The van der Waals surface area contributed by atoms with Gasteiger partial charge in [-0.1, -0.05) is 6.08 Å². The summed E-state index contributed by atoms with van der Waals surface area (Å²) in [5.41, 5.74) is 2.54. The van der Waals surface area contributed by atoms with E-state index in [0.29, 0.717) is 44.9 Å². The molecule has 0 atom stereocenters. The van der Waals surface area contributed by atoms with Crippen LogP contribution in [0.3, 0.4) is 0 Å². The highest BCUT2D eigenvalue weighted by Gasteiger charge is 2.22. The zero-order valence-corrected chi connectivity index (χ0v) is 17.3. The molecule has 3 heterocycles. The minimum absolute atomic E-state index is 0.0436. The van der Waals surface area contributed by atoms with Crippen LogP contribution in [0.15, 0.2) is 27.6 Å². The van der Waals surface area contributed by atoms with Gasteiger partial charge in [0.1, 0.15) is 0 Å². The molecule has 9 heteroatoms. The van der Waals surface area contributed by atoms with Crippen molar-refractivity contribution in [1.29, 1.82) is 0 Å². The van der Waals surface area contributed by atoms with E-state index in [1.807, 2.05) is 6.07 Å². The number of imidazole rings is 1. The van der Waals surface area contributed by atoms with Gasteiger partial charge >= 0.3 is 11.8 Å². The third-order valence-electron chi connectivity index (χ3n) is 5.58. The highest BCUT2D eigenvalue weighted by atomic mass is 79.9. The molecule has 1 amide bonds. The number of carbonyl (C=O) groups is 1. The van der Waals surface area contributed by atoms with Crippen molar-refractivity contribution in [2.75, 3.05) is 32.7 Å². The molecule has 28 heavy (non-hydrogen) atoms. The van der Waals surface area contributed by atoms with Crippen molar-refractivity contribution < 1.29 is 9.90 Å². The van der Waals surface area contributed by atoms with Crippen LogP contribution in [-0.4, -0.2) is 67.8 Å².